The van der Waals surface area contributed by atoms with Crippen LogP contribution in [0.2, 0.25) is 0 Å². The highest BCUT2D eigenvalue weighted by Gasteiger charge is 2.14. The normalized spacial score (nSPS) is 12.4. The first kappa shape index (κ1) is 14.2. The first-order chi connectivity index (χ1) is 9.56. The second-order valence-corrected chi connectivity index (χ2v) is 5.13. The van der Waals surface area contributed by atoms with E-state index in [0.717, 1.165) is 11.0 Å². The van der Waals surface area contributed by atoms with E-state index < -0.39 is 6.04 Å². The van der Waals surface area contributed by atoms with E-state index in [2.05, 4.69) is 39.7 Å². The van der Waals surface area contributed by atoms with Crippen LogP contribution >= 0.6 is 0 Å². The third-order valence-corrected chi connectivity index (χ3v) is 2.78. The monoisotopic (exact) mass is 273 g/mol. The summed E-state index contributed by atoms with van der Waals surface area (Å²) >= 11 is 0. The second-order valence-electron chi connectivity index (χ2n) is 5.13. The number of carbonyl (C=O) groups excluding carboxylic acids is 1. The lowest BCUT2D eigenvalue weighted by Gasteiger charge is -2.14. The lowest BCUT2D eigenvalue weighted by molar-refractivity contribution is -0.121. The molecule has 2 rings (SSSR count). The molecule has 0 radical (unpaired) electrons. The zero-order valence-corrected chi connectivity index (χ0v) is 11.9. The zero-order chi connectivity index (χ0) is 14.5. The van der Waals surface area contributed by atoms with Crippen molar-refractivity contribution in [2.45, 2.75) is 26.8 Å². The fourth-order valence-corrected chi connectivity index (χ4v) is 1.66. The maximum absolute atomic E-state index is 11.9. The molecule has 0 aliphatic rings. The minimum Gasteiger partial charge on any atom is -0.354 e. The highest BCUT2D eigenvalue weighted by molar-refractivity contribution is 5.84. The number of carbonyl (C=O) groups is 1. The predicted octanol–water partition coefficient (Wildman–Crippen LogP) is 1.60. The molecule has 0 saturated carbocycles. The van der Waals surface area contributed by atoms with Gasteiger partial charge in [-0.05, 0) is 25.0 Å². The summed E-state index contributed by atoms with van der Waals surface area (Å²) in [4.78, 5) is 16.2. The van der Waals surface area contributed by atoms with Crippen molar-refractivity contribution in [1.82, 2.24) is 20.5 Å². The van der Waals surface area contributed by atoms with Crippen LogP contribution in [-0.2, 0) is 4.79 Å². The molecule has 2 aromatic rings. The number of benzene rings is 1. The molecule has 1 aromatic heterocycles. The Kier molecular flexibility index (Phi) is 4.45. The SMILES string of the molecule is CC(C)CNC(=O)C(C)Nc1nnc2ccccc2n1. The fraction of sp³-hybridized carbons (Fsp3) is 0.429. The second kappa shape index (κ2) is 6.27. The molecule has 0 aliphatic carbocycles. The summed E-state index contributed by atoms with van der Waals surface area (Å²) in [5.74, 6) is 0.705. The van der Waals surface area contributed by atoms with Gasteiger partial charge in [0.15, 0.2) is 0 Å². The lowest BCUT2D eigenvalue weighted by Crippen LogP contribution is -2.39. The molecule has 6 heteroatoms. The smallest absolute Gasteiger partial charge is 0.243 e. The van der Waals surface area contributed by atoms with Crippen LogP contribution in [0, 0.1) is 5.92 Å². The summed E-state index contributed by atoms with van der Waals surface area (Å²) in [5, 5.41) is 13.9. The van der Waals surface area contributed by atoms with Crippen molar-refractivity contribution >= 4 is 22.9 Å². The summed E-state index contributed by atoms with van der Waals surface area (Å²) in [6, 6.07) is 7.07. The average molecular weight is 273 g/mol. The zero-order valence-electron chi connectivity index (χ0n) is 11.9. The Labute approximate surface area is 118 Å². The van der Waals surface area contributed by atoms with Crippen molar-refractivity contribution in [2.24, 2.45) is 5.92 Å². The van der Waals surface area contributed by atoms with Crippen molar-refractivity contribution in [1.29, 1.82) is 0 Å². The van der Waals surface area contributed by atoms with Crippen molar-refractivity contribution in [3.63, 3.8) is 0 Å². The van der Waals surface area contributed by atoms with Crippen LogP contribution < -0.4 is 10.6 Å². The summed E-state index contributed by atoms with van der Waals surface area (Å²) in [6.07, 6.45) is 0. The number of para-hydroxylation sites is 1. The third-order valence-electron chi connectivity index (χ3n) is 2.78. The number of amides is 1. The van der Waals surface area contributed by atoms with Crippen molar-refractivity contribution in [3.8, 4) is 0 Å². The number of hydrogen-bond acceptors (Lipinski definition) is 5. The van der Waals surface area contributed by atoms with Crippen LogP contribution in [-0.4, -0.2) is 33.7 Å². The van der Waals surface area contributed by atoms with Gasteiger partial charge in [0.05, 0.1) is 5.52 Å². The number of rotatable bonds is 5. The van der Waals surface area contributed by atoms with Crippen LogP contribution in [0.4, 0.5) is 5.95 Å². The Morgan fingerprint density at radius 1 is 1.15 bits per heavy atom. The van der Waals surface area contributed by atoms with Gasteiger partial charge in [-0.25, -0.2) is 4.98 Å². The number of fused-ring (bicyclic) bond motifs is 1. The Morgan fingerprint density at radius 3 is 2.55 bits per heavy atom. The first-order valence-electron chi connectivity index (χ1n) is 6.70. The largest absolute Gasteiger partial charge is 0.354 e. The van der Waals surface area contributed by atoms with E-state index >= 15 is 0 Å². The molecule has 0 aliphatic heterocycles. The molecule has 1 aromatic carbocycles. The molecule has 0 saturated heterocycles. The molecule has 1 atom stereocenters. The molecular weight excluding hydrogens is 254 g/mol. The summed E-state index contributed by atoms with van der Waals surface area (Å²) in [5.41, 5.74) is 1.48. The number of hydrogen-bond donors (Lipinski definition) is 2. The lowest BCUT2D eigenvalue weighted by atomic mass is 10.2. The molecule has 6 nitrogen and oxygen atoms in total. The molecule has 106 valence electrons. The maximum Gasteiger partial charge on any atom is 0.243 e. The number of anilines is 1. The van der Waals surface area contributed by atoms with Gasteiger partial charge in [0.25, 0.3) is 0 Å². The molecule has 0 spiro atoms. The predicted molar refractivity (Wildman–Crippen MR) is 78.3 cm³/mol. The van der Waals surface area contributed by atoms with E-state index in [9.17, 15) is 4.79 Å². The summed E-state index contributed by atoms with van der Waals surface area (Å²) < 4.78 is 0. The van der Waals surface area contributed by atoms with E-state index in [-0.39, 0.29) is 5.91 Å². The molecule has 1 heterocycles. The van der Waals surface area contributed by atoms with Gasteiger partial charge >= 0.3 is 0 Å². The topological polar surface area (TPSA) is 79.8 Å². The molecule has 20 heavy (non-hydrogen) atoms. The van der Waals surface area contributed by atoms with Gasteiger partial charge in [-0.15, -0.1) is 10.2 Å². The molecule has 1 unspecified atom stereocenters. The number of aromatic nitrogens is 3. The minimum atomic E-state index is -0.406. The molecule has 0 bridgehead atoms. The van der Waals surface area contributed by atoms with Crippen LogP contribution in [0.1, 0.15) is 20.8 Å². The van der Waals surface area contributed by atoms with Gasteiger partial charge in [-0.3, -0.25) is 4.79 Å². The highest BCUT2D eigenvalue weighted by Crippen LogP contribution is 2.09. The van der Waals surface area contributed by atoms with E-state index in [4.69, 9.17) is 0 Å². The van der Waals surface area contributed by atoms with Crippen molar-refractivity contribution in [2.75, 3.05) is 11.9 Å². The van der Waals surface area contributed by atoms with Crippen LogP contribution in [0.5, 0.6) is 0 Å². The van der Waals surface area contributed by atoms with Gasteiger partial charge < -0.3 is 10.6 Å². The average Bonchev–Trinajstić information content (AvgIpc) is 2.44. The van der Waals surface area contributed by atoms with Crippen LogP contribution in [0.25, 0.3) is 11.0 Å². The Balaban J connectivity index is 2.02. The van der Waals surface area contributed by atoms with Gasteiger partial charge in [-0.1, -0.05) is 26.0 Å². The van der Waals surface area contributed by atoms with E-state index in [1.165, 1.54) is 0 Å². The van der Waals surface area contributed by atoms with Crippen LogP contribution in [0.15, 0.2) is 24.3 Å². The van der Waals surface area contributed by atoms with Gasteiger partial charge in [0.1, 0.15) is 11.6 Å². The molecular formula is C14H19N5O. The number of nitrogens with zero attached hydrogens (tertiary/aromatic N) is 3. The quantitative estimate of drug-likeness (QED) is 0.865. The molecule has 2 N–H and O–H groups in total. The highest BCUT2D eigenvalue weighted by atomic mass is 16.2. The van der Waals surface area contributed by atoms with E-state index in [0.29, 0.717) is 18.4 Å². The van der Waals surface area contributed by atoms with Crippen molar-refractivity contribution < 1.29 is 4.79 Å². The minimum absolute atomic E-state index is 0.0736. The standard InChI is InChI=1S/C14H19N5O/c1-9(2)8-15-13(20)10(3)16-14-17-11-6-4-5-7-12(11)18-19-14/h4-7,9-10H,8H2,1-3H3,(H,15,20)(H,16,17,19). The number of nitrogens with one attached hydrogen (secondary N) is 2. The fourth-order valence-electron chi connectivity index (χ4n) is 1.66. The van der Waals surface area contributed by atoms with Gasteiger partial charge in [0, 0.05) is 6.54 Å². The Morgan fingerprint density at radius 2 is 1.85 bits per heavy atom. The summed E-state index contributed by atoms with van der Waals surface area (Å²) in [7, 11) is 0. The van der Waals surface area contributed by atoms with Crippen LogP contribution in [0.3, 0.4) is 0 Å². The third kappa shape index (κ3) is 3.63. The Hall–Kier alpha value is -2.24. The maximum atomic E-state index is 11.9. The molecule has 0 fully saturated rings. The first-order valence-corrected chi connectivity index (χ1v) is 6.70. The van der Waals surface area contributed by atoms with Gasteiger partial charge in [-0.2, -0.15) is 0 Å². The molecule has 1 amide bonds. The van der Waals surface area contributed by atoms with E-state index in [1.54, 1.807) is 6.92 Å². The van der Waals surface area contributed by atoms with Gasteiger partial charge in [0.2, 0.25) is 11.9 Å². The Bertz CT molecular complexity index is 599. The van der Waals surface area contributed by atoms with Crippen molar-refractivity contribution in [3.05, 3.63) is 24.3 Å². The van der Waals surface area contributed by atoms with E-state index in [1.807, 2.05) is 24.3 Å². The summed E-state index contributed by atoms with van der Waals surface area (Å²) in [6.45, 7) is 6.53.